The van der Waals surface area contributed by atoms with Crippen molar-refractivity contribution in [2.24, 2.45) is 0 Å². The van der Waals surface area contributed by atoms with Gasteiger partial charge >= 0.3 is 0 Å². The van der Waals surface area contributed by atoms with Gasteiger partial charge in [-0.15, -0.1) is 0 Å². The van der Waals surface area contributed by atoms with E-state index in [1.807, 2.05) is 30.5 Å². The van der Waals surface area contributed by atoms with E-state index in [1.54, 1.807) is 4.68 Å². The summed E-state index contributed by atoms with van der Waals surface area (Å²) in [4.78, 5) is 0. The van der Waals surface area contributed by atoms with Gasteiger partial charge in [-0.3, -0.25) is 0 Å². The number of hydrogen-bond donors (Lipinski definition) is 1. The standard InChI is InChI=1S/C13H16ClN3/c1-13(2,3)12-10(15)8-17(16-12)11-7-5-4-6-9(11)14/h4-8H,15H2,1-3H3. The third kappa shape index (κ3) is 2.29. The van der Waals surface area contributed by atoms with Crippen molar-refractivity contribution in [2.45, 2.75) is 26.2 Å². The maximum Gasteiger partial charge on any atom is 0.0911 e. The number of nitrogen functional groups attached to an aromatic ring is 1. The van der Waals surface area contributed by atoms with Crippen molar-refractivity contribution in [3.63, 3.8) is 0 Å². The molecule has 0 amide bonds. The van der Waals surface area contributed by atoms with Crippen molar-refractivity contribution in [1.29, 1.82) is 0 Å². The van der Waals surface area contributed by atoms with E-state index in [0.717, 1.165) is 11.4 Å². The molecule has 2 aromatic rings. The first-order valence-corrected chi connectivity index (χ1v) is 5.88. The molecule has 0 spiro atoms. The van der Waals surface area contributed by atoms with Crippen molar-refractivity contribution in [2.75, 3.05) is 5.73 Å². The van der Waals surface area contributed by atoms with E-state index in [-0.39, 0.29) is 5.41 Å². The first-order chi connectivity index (χ1) is 7.89. The van der Waals surface area contributed by atoms with Crippen molar-refractivity contribution < 1.29 is 0 Å². The molecular formula is C13H16ClN3. The molecule has 0 saturated heterocycles. The van der Waals surface area contributed by atoms with E-state index >= 15 is 0 Å². The number of nitrogens with zero attached hydrogens (tertiary/aromatic N) is 2. The Hall–Kier alpha value is -1.48. The highest BCUT2D eigenvalue weighted by Gasteiger charge is 2.21. The van der Waals surface area contributed by atoms with Gasteiger partial charge in [-0.25, -0.2) is 4.68 Å². The molecule has 4 heteroatoms. The Balaban J connectivity index is 2.53. The second kappa shape index (κ2) is 4.08. The van der Waals surface area contributed by atoms with E-state index in [0.29, 0.717) is 10.7 Å². The van der Waals surface area contributed by atoms with Gasteiger partial charge in [0.15, 0.2) is 0 Å². The van der Waals surface area contributed by atoms with Crippen molar-refractivity contribution in [3.05, 3.63) is 41.2 Å². The molecule has 2 N–H and O–H groups in total. The number of benzene rings is 1. The fourth-order valence-corrected chi connectivity index (χ4v) is 1.95. The number of para-hydroxylation sites is 1. The Morgan fingerprint density at radius 2 is 1.88 bits per heavy atom. The molecule has 0 fully saturated rings. The summed E-state index contributed by atoms with van der Waals surface area (Å²) in [5, 5.41) is 5.18. The van der Waals surface area contributed by atoms with Crippen LogP contribution in [-0.4, -0.2) is 9.78 Å². The predicted octanol–water partition coefficient (Wildman–Crippen LogP) is 3.41. The fourth-order valence-electron chi connectivity index (χ4n) is 1.73. The average Bonchev–Trinajstić information content (AvgIpc) is 2.60. The lowest BCUT2D eigenvalue weighted by molar-refractivity contribution is 0.562. The molecule has 0 saturated carbocycles. The Morgan fingerprint density at radius 1 is 1.24 bits per heavy atom. The molecule has 1 aromatic carbocycles. The molecule has 0 radical (unpaired) electrons. The normalized spacial score (nSPS) is 11.8. The molecule has 1 heterocycles. The van der Waals surface area contributed by atoms with Crippen LogP contribution in [0.15, 0.2) is 30.5 Å². The highest BCUT2D eigenvalue weighted by Crippen LogP contribution is 2.28. The van der Waals surface area contributed by atoms with Crippen LogP contribution >= 0.6 is 11.6 Å². The van der Waals surface area contributed by atoms with Gasteiger partial charge in [0.2, 0.25) is 0 Å². The second-order valence-corrected chi connectivity index (χ2v) is 5.49. The Morgan fingerprint density at radius 3 is 2.41 bits per heavy atom. The zero-order valence-corrected chi connectivity index (χ0v) is 11.0. The van der Waals surface area contributed by atoms with Gasteiger partial charge in [0.25, 0.3) is 0 Å². The van der Waals surface area contributed by atoms with Gasteiger partial charge in [0, 0.05) is 5.41 Å². The van der Waals surface area contributed by atoms with E-state index < -0.39 is 0 Å². The number of hydrogen-bond acceptors (Lipinski definition) is 2. The zero-order chi connectivity index (χ0) is 12.6. The Kier molecular flexibility index (Phi) is 2.87. The fraction of sp³-hybridized carbons (Fsp3) is 0.308. The summed E-state index contributed by atoms with van der Waals surface area (Å²) in [6, 6.07) is 7.58. The summed E-state index contributed by atoms with van der Waals surface area (Å²) in [5.41, 5.74) is 8.34. The number of halogens is 1. The minimum atomic E-state index is -0.0728. The van der Waals surface area contributed by atoms with Gasteiger partial charge in [-0.05, 0) is 12.1 Å². The highest BCUT2D eigenvalue weighted by molar-refractivity contribution is 6.32. The van der Waals surface area contributed by atoms with E-state index in [2.05, 4.69) is 25.9 Å². The van der Waals surface area contributed by atoms with Gasteiger partial charge in [0.05, 0.1) is 28.3 Å². The quantitative estimate of drug-likeness (QED) is 0.842. The summed E-state index contributed by atoms with van der Waals surface area (Å²) in [5.74, 6) is 0. The lowest BCUT2D eigenvalue weighted by Gasteiger charge is -2.15. The number of anilines is 1. The second-order valence-electron chi connectivity index (χ2n) is 5.08. The molecule has 3 nitrogen and oxygen atoms in total. The lowest BCUT2D eigenvalue weighted by atomic mass is 9.92. The van der Waals surface area contributed by atoms with Crippen molar-refractivity contribution in [1.82, 2.24) is 9.78 Å². The average molecular weight is 250 g/mol. The van der Waals surface area contributed by atoms with Crippen LogP contribution in [0.25, 0.3) is 5.69 Å². The predicted molar refractivity (Wildman–Crippen MR) is 71.7 cm³/mol. The Bertz CT molecular complexity index is 538. The Labute approximate surface area is 106 Å². The molecule has 0 bridgehead atoms. The molecule has 0 unspecified atom stereocenters. The summed E-state index contributed by atoms with van der Waals surface area (Å²) in [6.07, 6.45) is 1.81. The molecular weight excluding hydrogens is 234 g/mol. The molecule has 2 rings (SSSR count). The van der Waals surface area contributed by atoms with Crippen LogP contribution in [0.3, 0.4) is 0 Å². The summed E-state index contributed by atoms with van der Waals surface area (Å²) in [6.45, 7) is 6.26. The maximum absolute atomic E-state index is 6.13. The van der Waals surface area contributed by atoms with Gasteiger partial charge in [-0.1, -0.05) is 44.5 Å². The van der Waals surface area contributed by atoms with Crippen LogP contribution in [0.4, 0.5) is 5.69 Å². The van der Waals surface area contributed by atoms with Gasteiger partial charge in [-0.2, -0.15) is 5.10 Å². The summed E-state index contributed by atoms with van der Waals surface area (Å²) in [7, 11) is 0. The maximum atomic E-state index is 6.13. The first-order valence-electron chi connectivity index (χ1n) is 5.50. The van der Waals surface area contributed by atoms with Crippen LogP contribution in [-0.2, 0) is 5.41 Å². The number of nitrogens with two attached hydrogens (primary N) is 1. The summed E-state index contributed by atoms with van der Waals surface area (Å²) < 4.78 is 1.73. The van der Waals surface area contributed by atoms with Gasteiger partial charge < -0.3 is 5.73 Å². The minimum Gasteiger partial charge on any atom is -0.396 e. The van der Waals surface area contributed by atoms with Crippen LogP contribution in [0.2, 0.25) is 5.02 Å². The van der Waals surface area contributed by atoms with E-state index in [4.69, 9.17) is 17.3 Å². The minimum absolute atomic E-state index is 0.0728. The summed E-state index contributed by atoms with van der Waals surface area (Å²) >= 11 is 6.13. The number of aromatic nitrogens is 2. The third-order valence-corrected chi connectivity index (χ3v) is 2.87. The van der Waals surface area contributed by atoms with Crippen LogP contribution in [0.1, 0.15) is 26.5 Å². The third-order valence-electron chi connectivity index (χ3n) is 2.55. The largest absolute Gasteiger partial charge is 0.396 e. The highest BCUT2D eigenvalue weighted by atomic mass is 35.5. The molecule has 17 heavy (non-hydrogen) atoms. The van der Waals surface area contributed by atoms with Crippen molar-refractivity contribution >= 4 is 17.3 Å². The zero-order valence-electron chi connectivity index (χ0n) is 10.2. The molecule has 0 aliphatic heterocycles. The first kappa shape index (κ1) is 12.0. The molecule has 0 aliphatic carbocycles. The van der Waals surface area contributed by atoms with Gasteiger partial charge in [0.1, 0.15) is 0 Å². The van der Waals surface area contributed by atoms with E-state index in [1.165, 1.54) is 0 Å². The molecule has 0 aliphatic rings. The molecule has 90 valence electrons. The lowest BCUT2D eigenvalue weighted by Crippen LogP contribution is -2.14. The van der Waals surface area contributed by atoms with Crippen molar-refractivity contribution in [3.8, 4) is 5.69 Å². The van der Waals surface area contributed by atoms with Crippen LogP contribution in [0, 0.1) is 0 Å². The topological polar surface area (TPSA) is 43.8 Å². The monoisotopic (exact) mass is 249 g/mol. The van der Waals surface area contributed by atoms with E-state index in [9.17, 15) is 0 Å². The van der Waals surface area contributed by atoms with Crippen LogP contribution in [0.5, 0.6) is 0 Å². The molecule has 1 aromatic heterocycles. The molecule has 0 atom stereocenters. The smallest absolute Gasteiger partial charge is 0.0911 e. The van der Waals surface area contributed by atoms with Crippen LogP contribution < -0.4 is 5.73 Å². The number of rotatable bonds is 1. The SMILES string of the molecule is CC(C)(C)c1nn(-c2ccccc2Cl)cc1N.